The van der Waals surface area contributed by atoms with E-state index < -0.39 is 28.0 Å². The highest BCUT2D eigenvalue weighted by atomic mass is 32.2. The number of ether oxygens (including phenoxy) is 1. The second-order valence-electron chi connectivity index (χ2n) is 10.1. The van der Waals surface area contributed by atoms with Gasteiger partial charge in [-0.3, -0.25) is 14.6 Å². The number of benzene rings is 2. The summed E-state index contributed by atoms with van der Waals surface area (Å²) in [6.45, 7) is 3.49. The highest BCUT2D eigenvalue weighted by molar-refractivity contribution is 7.89. The van der Waals surface area contributed by atoms with Crippen molar-refractivity contribution in [1.82, 2.24) is 14.2 Å². The molecular formula is C29H33FN4O6S. The molecule has 218 valence electrons. The third-order valence-electron chi connectivity index (χ3n) is 7.08. The quantitative estimate of drug-likeness (QED) is 0.417. The number of aliphatic hydroxyl groups is 1. The Bertz CT molecular complexity index is 1490. The molecule has 1 aliphatic heterocycles. The molecule has 2 aromatic carbocycles. The number of nitrogens with zero attached hydrogens (tertiary/aromatic N) is 3. The first-order valence-corrected chi connectivity index (χ1v) is 14.6. The van der Waals surface area contributed by atoms with Crippen molar-refractivity contribution in [3.63, 3.8) is 0 Å². The number of hydrogen-bond donors (Lipinski definition) is 2. The first kappa shape index (κ1) is 30.1. The summed E-state index contributed by atoms with van der Waals surface area (Å²) in [6.07, 6.45) is 2.28. The fourth-order valence-electron chi connectivity index (χ4n) is 4.57. The van der Waals surface area contributed by atoms with Crippen LogP contribution in [0.4, 0.5) is 10.1 Å². The van der Waals surface area contributed by atoms with Gasteiger partial charge in [0.15, 0.2) is 0 Å². The predicted octanol–water partition coefficient (Wildman–Crippen LogP) is 2.94. The topological polar surface area (TPSA) is 129 Å². The van der Waals surface area contributed by atoms with Crippen LogP contribution < -0.4 is 10.1 Å². The van der Waals surface area contributed by atoms with Gasteiger partial charge in [0.25, 0.3) is 5.91 Å². The molecule has 3 aromatic rings. The molecule has 0 aliphatic carbocycles. The Morgan fingerprint density at radius 2 is 1.88 bits per heavy atom. The first-order chi connectivity index (χ1) is 19.5. The third kappa shape index (κ3) is 7.07. The maximum Gasteiger partial charge on any atom is 0.255 e. The number of halogens is 1. The van der Waals surface area contributed by atoms with Crippen molar-refractivity contribution >= 4 is 27.5 Å². The van der Waals surface area contributed by atoms with Crippen LogP contribution >= 0.6 is 0 Å². The number of anilines is 1. The van der Waals surface area contributed by atoms with Gasteiger partial charge in [-0.1, -0.05) is 6.92 Å². The lowest BCUT2D eigenvalue weighted by atomic mass is 10.0. The molecule has 1 aromatic heterocycles. The van der Waals surface area contributed by atoms with Crippen LogP contribution in [0.1, 0.15) is 29.8 Å². The van der Waals surface area contributed by atoms with Crippen LogP contribution in [0.2, 0.25) is 0 Å². The van der Waals surface area contributed by atoms with E-state index in [1.807, 2.05) is 6.92 Å². The lowest BCUT2D eigenvalue weighted by molar-refractivity contribution is -0.134. The van der Waals surface area contributed by atoms with Crippen molar-refractivity contribution in [2.24, 2.45) is 5.92 Å². The van der Waals surface area contributed by atoms with Crippen molar-refractivity contribution in [3.8, 4) is 5.75 Å². The van der Waals surface area contributed by atoms with E-state index in [4.69, 9.17) is 4.74 Å². The molecule has 1 aliphatic rings. The van der Waals surface area contributed by atoms with Gasteiger partial charge < -0.3 is 20.1 Å². The molecule has 0 radical (unpaired) electrons. The van der Waals surface area contributed by atoms with E-state index in [0.29, 0.717) is 22.6 Å². The molecule has 0 fully saturated rings. The molecule has 4 rings (SSSR count). The maximum atomic E-state index is 13.4. The van der Waals surface area contributed by atoms with Crippen LogP contribution in [-0.4, -0.2) is 78.4 Å². The number of aliphatic hydroxyl groups excluding tert-OH is 1. The van der Waals surface area contributed by atoms with Crippen LogP contribution in [0.5, 0.6) is 5.75 Å². The van der Waals surface area contributed by atoms with E-state index in [2.05, 4.69) is 10.3 Å². The van der Waals surface area contributed by atoms with Crippen molar-refractivity contribution in [3.05, 3.63) is 83.9 Å². The smallest absolute Gasteiger partial charge is 0.255 e. The number of carbonyl (C=O) groups excluding carboxylic acids is 2. The monoisotopic (exact) mass is 584 g/mol. The molecule has 12 heteroatoms. The number of aromatic nitrogens is 1. The number of amides is 2. The van der Waals surface area contributed by atoms with Gasteiger partial charge in [0.05, 0.1) is 30.5 Å². The number of carbonyl (C=O) groups is 2. The SMILES string of the molecule is C[C@@H]1CN([C@@H](C)CO)C(=O)Cc2cc(NC(=O)c3ccncc3)ccc2O[C@H]1CN(C)S(=O)(=O)c1ccc(F)cc1. The Balaban J connectivity index is 1.65. The Hall–Kier alpha value is -3.87. The van der Waals surface area contributed by atoms with Crippen molar-refractivity contribution in [2.45, 2.75) is 37.3 Å². The average Bonchev–Trinajstić information content (AvgIpc) is 3.00. The van der Waals surface area contributed by atoms with Gasteiger partial charge in [0, 0.05) is 48.7 Å². The summed E-state index contributed by atoms with van der Waals surface area (Å²) < 4.78 is 47.4. The fraction of sp³-hybridized carbons (Fsp3) is 0.345. The maximum absolute atomic E-state index is 13.4. The summed E-state index contributed by atoms with van der Waals surface area (Å²) in [5.74, 6) is -1.10. The molecule has 41 heavy (non-hydrogen) atoms. The molecule has 10 nitrogen and oxygen atoms in total. The average molecular weight is 585 g/mol. The van der Waals surface area contributed by atoms with Crippen LogP contribution in [0.25, 0.3) is 0 Å². The van der Waals surface area contributed by atoms with Gasteiger partial charge in [0.1, 0.15) is 17.7 Å². The Morgan fingerprint density at radius 1 is 1.20 bits per heavy atom. The molecule has 2 amide bonds. The van der Waals surface area contributed by atoms with Crippen LogP contribution in [0.15, 0.2) is 71.9 Å². The molecule has 0 bridgehead atoms. The zero-order valence-electron chi connectivity index (χ0n) is 23.0. The van der Waals surface area contributed by atoms with Gasteiger partial charge in [0.2, 0.25) is 15.9 Å². The highest BCUT2D eigenvalue weighted by Gasteiger charge is 2.33. The van der Waals surface area contributed by atoms with Crippen molar-refractivity contribution < 1.29 is 32.2 Å². The highest BCUT2D eigenvalue weighted by Crippen LogP contribution is 2.30. The molecular weight excluding hydrogens is 551 g/mol. The van der Waals surface area contributed by atoms with Crippen LogP contribution in [0.3, 0.4) is 0 Å². The normalized spacial score (nSPS) is 18.5. The number of hydrogen-bond acceptors (Lipinski definition) is 7. The fourth-order valence-corrected chi connectivity index (χ4v) is 5.75. The summed E-state index contributed by atoms with van der Waals surface area (Å²) in [5, 5.41) is 12.7. The van der Waals surface area contributed by atoms with Gasteiger partial charge in [-0.15, -0.1) is 0 Å². The largest absolute Gasteiger partial charge is 0.488 e. The van der Waals surface area contributed by atoms with E-state index in [1.54, 1.807) is 42.2 Å². The van der Waals surface area contributed by atoms with E-state index >= 15 is 0 Å². The van der Waals surface area contributed by atoms with Crippen LogP contribution in [0, 0.1) is 11.7 Å². The lowest BCUT2D eigenvalue weighted by Gasteiger charge is -2.33. The zero-order chi connectivity index (χ0) is 29.7. The second-order valence-corrected chi connectivity index (χ2v) is 12.2. The predicted molar refractivity (Wildman–Crippen MR) is 150 cm³/mol. The zero-order valence-corrected chi connectivity index (χ0v) is 23.8. The number of sulfonamides is 1. The molecule has 2 N–H and O–H groups in total. The molecule has 0 spiro atoms. The second kappa shape index (κ2) is 12.8. The number of nitrogens with one attached hydrogen (secondary N) is 1. The molecule has 0 unspecified atom stereocenters. The summed E-state index contributed by atoms with van der Waals surface area (Å²) in [7, 11) is -2.55. The Morgan fingerprint density at radius 3 is 2.54 bits per heavy atom. The van der Waals surface area contributed by atoms with Gasteiger partial charge in [-0.2, -0.15) is 4.31 Å². The van der Waals surface area contributed by atoms with E-state index in [0.717, 1.165) is 16.4 Å². The van der Waals surface area contributed by atoms with Crippen LogP contribution in [-0.2, 0) is 21.2 Å². The minimum Gasteiger partial charge on any atom is -0.488 e. The molecule has 0 saturated heterocycles. The summed E-state index contributed by atoms with van der Waals surface area (Å²) in [6, 6.07) is 12.2. The Kier molecular flexibility index (Phi) is 9.36. The summed E-state index contributed by atoms with van der Waals surface area (Å²) in [4.78, 5) is 31.5. The van der Waals surface area contributed by atoms with Gasteiger partial charge in [-0.25, -0.2) is 12.8 Å². The van der Waals surface area contributed by atoms with Gasteiger partial charge >= 0.3 is 0 Å². The number of pyridine rings is 1. The first-order valence-electron chi connectivity index (χ1n) is 13.1. The minimum absolute atomic E-state index is 0.0538. The number of rotatable bonds is 8. The van der Waals surface area contributed by atoms with E-state index in [1.165, 1.54) is 31.6 Å². The standard InChI is InChI=1S/C29H33FN4O6S/c1-19-16-34(20(2)18-35)28(36)15-22-14-24(32-29(37)21-10-12-31-13-11-21)6-9-26(22)40-27(19)17-33(3)41(38,39)25-7-4-23(30)5-8-25/h4-14,19-20,27,35H,15-18H2,1-3H3,(H,32,37)/t19-,20+,27+/m1/s1. The van der Waals surface area contributed by atoms with Crippen molar-refractivity contribution in [2.75, 3.05) is 32.1 Å². The summed E-state index contributed by atoms with van der Waals surface area (Å²) >= 11 is 0. The number of likely N-dealkylation sites (N-methyl/N-ethyl adjacent to an activating group) is 1. The minimum atomic E-state index is -3.96. The third-order valence-corrected chi connectivity index (χ3v) is 8.91. The molecule has 0 saturated carbocycles. The Labute approximate surface area is 238 Å². The van der Waals surface area contributed by atoms with E-state index in [9.17, 15) is 27.5 Å². The summed E-state index contributed by atoms with van der Waals surface area (Å²) in [5.41, 5.74) is 1.36. The number of fused-ring (bicyclic) bond motifs is 1. The van der Waals surface area contributed by atoms with E-state index in [-0.39, 0.29) is 48.7 Å². The van der Waals surface area contributed by atoms with Gasteiger partial charge in [-0.05, 0) is 61.5 Å². The molecule has 3 atom stereocenters. The molecule has 2 heterocycles. The lowest BCUT2D eigenvalue weighted by Crippen LogP contribution is -2.48. The van der Waals surface area contributed by atoms with Crippen molar-refractivity contribution in [1.29, 1.82) is 0 Å².